The van der Waals surface area contributed by atoms with Crippen molar-refractivity contribution in [3.8, 4) is 26.6 Å². The van der Waals surface area contributed by atoms with E-state index in [1.54, 1.807) is 11.3 Å². The van der Waals surface area contributed by atoms with Crippen molar-refractivity contribution in [1.82, 2.24) is 0 Å². The lowest BCUT2D eigenvalue weighted by atomic mass is 10.0. The molecular weight excluding hydrogens is 396 g/mol. The number of rotatable bonds is 13. The second-order valence-corrected chi connectivity index (χ2v) is 9.17. The number of benzene rings is 2. The van der Waals surface area contributed by atoms with Gasteiger partial charge in [0.2, 0.25) is 0 Å². The molecule has 0 unspecified atom stereocenters. The fourth-order valence-corrected chi connectivity index (χ4v) is 4.52. The normalized spacial score (nSPS) is 11.3. The molecule has 1 nitrogen and oxygen atoms in total. The second kappa shape index (κ2) is 13.2. The van der Waals surface area contributed by atoms with E-state index in [1.807, 2.05) is 0 Å². The van der Waals surface area contributed by atoms with Gasteiger partial charge >= 0.3 is 0 Å². The molecule has 164 valence electrons. The summed E-state index contributed by atoms with van der Waals surface area (Å²) in [6.07, 6.45) is 14.4. The molecule has 31 heavy (non-hydrogen) atoms. The van der Waals surface area contributed by atoms with E-state index in [9.17, 15) is 0 Å². The summed E-state index contributed by atoms with van der Waals surface area (Å²) in [7, 11) is 0. The van der Waals surface area contributed by atoms with Crippen molar-refractivity contribution in [2.45, 2.75) is 65.2 Å². The zero-order valence-corrected chi connectivity index (χ0v) is 19.9. The Kier molecular flexibility index (Phi) is 9.92. The van der Waals surface area contributed by atoms with Crippen LogP contribution in [0.2, 0.25) is 0 Å². The van der Waals surface area contributed by atoms with E-state index in [4.69, 9.17) is 4.74 Å². The van der Waals surface area contributed by atoms with E-state index in [1.165, 1.54) is 72.1 Å². The van der Waals surface area contributed by atoms with Crippen molar-refractivity contribution < 1.29 is 4.74 Å². The number of unbranched alkanes of at least 4 members (excludes halogenated alkanes) is 5. The van der Waals surface area contributed by atoms with Gasteiger partial charge < -0.3 is 4.74 Å². The smallest absolute Gasteiger partial charge is 0.174 e. The van der Waals surface area contributed by atoms with Gasteiger partial charge in [0, 0.05) is 4.88 Å². The molecule has 2 aromatic carbocycles. The molecule has 0 atom stereocenters. The fourth-order valence-electron chi connectivity index (χ4n) is 3.65. The summed E-state index contributed by atoms with van der Waals surface area (Å²) in [5, 5.41) is 0.982. The van der Waals surface area contributed by atoms with E-state index in [0.29, 0.717) is 6.61 Å². The van der Waals surface area contributed by atoms with Gasteiger partial charge in [-0.25, -0.2) is 0 Å². The molecule has 0 spiro atoms. The molecule has 0 aliphatic rings. The van der Waals surface area contributed by atoms with Crippen LogP contribution in [0.15, 0.2) is 72.8 Å². The zero-order chi connectivity index (χ0) is 21.7. The Morgan fingerprint density at radius 1 is 0.677 bits per heavy atom. The first kappa shape index (κ1) is 23.3. The van der Waals surface area contributed by atoms with Crippen LogP contribution in [-0.4, -0.2) is 6.61 Å². The molecule has 0 fully saturated rings. The Labute approximate surface area is 192 Å². The molecule has 3 rings (SSSR count). The maximum absolute atomic E-state index is 5.89. The lowest BCUT2D eigenvalue weighted by Crippen LogP contribution is -1.90. The molecule has 1 heterocycles. The van der Waals surface area contributed by atoms with Crippen LogP contribution in [0.4, 0.5) is 0 Å². The Bertz CT molecular complexity index is 903. The summed E-state index contributed by atoms with van der Waals surface area (Å²) in [4.78, 5) is 1.25. The summed E-state index contributed by atoms with van der Waals surface area (Å²) in [6, 6.07) is 22.2. The van der Waals surface area contributed by atoms with Crippen molar-refractivity contribution >= 4 is 11.3 Å². The molecule has 0 aliphatic heterocycles. The minimum atomic E-state index is 0.652. The van der Waals surface area contributed by atoms with Crippen molar-refractivity contribution in [2.75, 3.05) is 6.61 Å². The molecule has 1 aromatic heterocycles. The first-order valence-corrected chi connectivity index (χ1v) is 12.7. The minimum Gasteiger partial charge on any atom is -0.480 e. The third kappa shape index (κ3) is 7.70. The molecule has 0 bridgehead atoms. The predicted octanol–water partition coefficient (Wildman–Crippen LogP) is 9.33. The summed E-state index contributed by atoms with van der Waals surface area (Å²) in [5.41, 5.74) is 5.24. The van der Waals surface area contributed by atoms with Crippen LogP contribution in [0.3, 0.4) is 0 Å². The van der Waals surface area contributed by atoms with Crippen molar-refractivity contribution in [1.29, 1.82) is 0 Å². The highest BCUT2D eigenvalue weighted by Gasteiger charge is 2.05. The van der Waals surface area contributed by atoms with Gasteiger partial charge in [0.25, 0.3) is 0 Å². The van der Waals surface area contributed by atoms with E-state index in [2.05, 4.69) is 86.7 Å². The Morgan fingerprint density at radius 3 is 2.03 bits per heavy atom. The van der Waals surface area contributed by atoms with E-state index in [0.717, 1.165) is 11.5 Å². The second-order valence-electron chi connectivity index (χ2n) is 8.13. The van der Waals surface area contributed by atoms with Crippen LogP contribution in [0.25, 0.3) is 21.6 Å². The monoisotopic (exact) mass is 432 g/mol. The molecule has 0 aliphatic carbocycles. The highest BCUT2D eigenvalue weighted by Crippen LogP contribution is 2.34. The summed E-state index contributed by atoms with van der Waals surface area (Å²) >= 11 is 1.71. The van der Waals surface area contributed by atoms with Crippen LogP contribution < -0.4 is 4.74 Å². The lowest BCUT2D eigenvalue weighted by molar-refractivity contribution is 0.373. The molecule has 2 heteroatoms. The Morgan fingerprint density at radius 2 is 1.32 bits per heavy atom. The number of hydrogen-bond acceptors (Lipinski definition) is 2. The summed E-state index contributed by atoms with van der Waals surface area (Å²) < 4.78 is 5.89. The first-order chi connectivity index (χ1) is 15.3. The molecule has 0 saturated heterocycles. The maximum Gasteiger partial charge on any atom is 0.174 e. The average molecular weight is 433 g/mol. The van der Waals surface area contributed by atoms with Gasteiger partial charge in [-0.05, 0) is 60.1 Å². The van der Waals surface area contributed by atoms with Crippen LogP contribution in [0, 0.1) is 0 Å². The fraction of sp³-hybridized carbons (Fsp3) is 0.379. The Balaban J connectivity index is 1.52. The van der Waals surface area contributed by atoms with Gasteiger partial charge in [-0.15, -0.1) is 0 Å². The number of ether oxygens (including phenoxy) is 1. The number of allylic oxidation sites excluding steroid dienone is 1. The average Bonchev–Trinajstić information content (AvgIpc) is 3.28. The van der Waals surface area contributed by atoms with Gasteiger partial charge in [0.1, 0.15) is 6.61 Å². The molecule has 0 N–H and O–H groups in total. The molecule has 3 aromatic rings. The SMILES string of the molecule is CCCCCC=CCOc1ccc(-c2ccc(-c3ccc(CCCCC)cc3)cc2)s1. The topological polar surface area (TPSA) is 9.23 Å². The van der Waals surface area contributed by atoms with Crippen LogP contribution in [-0.2, 0) is 6.42 Å². The van der Waals surface area contributed by atoms with Gasteiger partial charge in [-0.2, -0.15) is 0 Å². The third-order valence-corrected chi connectivity index (χ3v) is 6.62. The predicted molar refractivity (Wildman–Crippen MR) is 137 cm³/mol. The van der Waals surface area contributed by atoms with Crippen molar-refractivity contribution in [3.05, 3.63) is 78.4 Å². The number of thiophene rings is 1. The molecule has 0 radical (unpaired) electrons. The largest absolute Gasteiger partial charge is 0.480 e. The summed E-state index contributed by atoms with van der Waals surface area (Å²) in [6.45, 7) is 5.14. The van der Waals surface area contributed by atoms with E-state index >= 15 is 0 Å². The maximum atomic E-state index is 5.89. The van der Waals surface area contributed by atoms with Crippen molar-refractivity contribution in [2.24, 2.45) is 0 Å². The van der Waals surface area contributed by atoms with E-state index in [-0.39, 0.29) is 0 Å². The quantitative estimate of drug-likeness (QED) is 0.193. The first-order valence-electron chi connectivity index (χ1n) is 11.9. The van der Waals surface area contributed by atoms with Gasteiger partial charge in [0.05, 0.1) is 0 Å². The van der Waals surface area contributed by atoms with Gasteiger partial charge in [-0.3, -0.25) is 0 Å². The Hall–Kier alpha value is -2.32. The molecular formula is C29H36OS. The van der Waals surface area contributed by atoms with E-state index < -0.39 is 0 Å². The van der Waals surface area contributed by atoms with Crippen LogP contribution >= 0.6 is 11.3 Å². The highest BCUT2D eigenvalue weighted by molar-refractivity contribution is 7.17. The van der Waals surface area contributed by atoms with Gasteiger partial charge in [-0.1, -0.05) is 112 Å². The standard InChI is InChI=1S/C29H36OS/c1-3-5-7-8-9-11-23-30-29-22-21-28(31-29)27-19-17-26(18-20-27)25-15-13-24(14-16-25)12-10-6-4-2/h9,11,13-22H,3-8,10,12,23H2,1-2H3. The van der Waals surface area contributed by atoms with Crippen LogP contribution in [0.5, 0.6) is 5.06 Å². The molecule has 0 amide bonds. The lowest BCUT2D eigenvalue weighted by Gasteiger charge is -2.06. The molecule has 0 saturated carbocycles. The minimum absolute atomic E-state index is 0.652. The highest BCUT2D eigenvalue weighted by atomic mass is 32.1. The van der Waals surface area contributed by atoms with Crippen LogP contribution in [0.1, 0.15) is 64.4 Å². The number of hydrogen-bond donors (Lipinski definition) is 0. The third-order valence-electron chi connectivity index (χ3n) is 5.57. The summed E-state index contributed by atoms with van der Waals surface area (Å²) in [5.74, 6) is 0. The van der Waals surface area contributed by atoms with Crippen molar-refractivity contribution in [3.63, 3.8) is 0 Å². The zero-order valence-electron chi connectivity index (χ0n) is 19.1. The van der Waals surface area contributed by atoms with Gasteiger partial charge in [0.15, 0.2) is 5.06 Å². The number of aryl methyl sites for hydroxylation is 1.